The molecule has 0 aromatic heterocycles. The van der Waals surface area contributed by atoms with Crippen molar-refractivity contribution >= 4 is 0 Å². The Hall–Kier alpha value is -2.81. The summed E-state index contributed by atoms with van der Waals surface area (Å²) in [5, 5.41) is 30.4. The van der Waals surface area contributed by atoms with Gasteiger partial charge in [-0.1, -0.05) is 48.6 Å². The molecule has 1 aliphatic carbocycles. The summed E-state index contributed by atoms with van der Waals surface area (Å²) in [4.78, 5) is 0. The van der Waals surface area contributed by atoms with E-state index >= 15 is 0 Å². The van der Waals surface area contributed by atoms with Gasteiger partial charge in [-0.05, 0) is 38.0 Å². The minimum Gasteiger partial charge on any atom is -0.489 e. The summed E-state index contributed by atoms with van der Waals surface area (Å²) < 4.78 is 12.2. The van der Waals surface area contributed by atoms with Gasteiger partial charge in [0.25, 0.3) is 0 Å². The second-order valence-corrected chi connectivity index (χ2v) is 8.90. The molecule has 4 rings (SSSR count). The summed E-state index contributed by atoms with van der Waals surface area (Å²) in [6, 6.07) is 17.7. The summed E-state index contributed by atoms with van der Waals surface area (Å²) in [6.07, 6.45) is 3.83. The number of nitrogens with zero attached hydrogens (tertiary/aromatic N) is 1. The fourth-order valence-electron chi connectivity index (χ4n) is 4.67. The highest BCUT2D eigenvalue weighted by Crippen LogP contribution is 2.52. The van der Waals surface area contributed by atoms with E-state index in [9.17, 15) is 10.2 Å². The number of fused-ring (bicyclic) bond motifs is 3. The molecule has 0 amide bonds. The Morgan fingerprint density at radius 2 is 2.00 bits per heavy atom. The van der Waals surface area contributed by atoms with E-state index in [2.05, 4.69) is 6.07 Å². The van der Waals surface area contributed by atoms with E-state index in [1.165, 1.54) is 0 Å². The lowest BCUT2D eigenvalue weighted by molar-refractivity contribution is -0.00221. The fourth-order valence-corrected chi connectivity index (χ4v) is 4.67. The van der Waals surface area contributed by atoms with Crippen molar-refractivity contribution in [1.82, 2.24) is 0 Å². The third-order valence-corrected chi connectivity index (χ3v) is 6.35. The van der Waals surface area contributed by atoms with Gasteiger partial charge in [-0.15, -0.1) is 0 Å². The van der Waals surface area contributed by atoms with Crippen molar-refractivity contribution < 1.29 is 19.7 Å². The minimum atomic E-state index is -0.845. The number of nitriles is 1. The number of rotatable bonds is 7. The Morgan fingerprint density at radius 3 is 2.74 bits per heavy atom. The van der Waals surface area contributed by atoms with Crippen LogP contribution < -0.4 is 9.47 Å². The number of hydrogen-bond acceptors (Lipinski definition) is 5. The van der Waals surface area contributed by atoms with Crippen LogP contribution in [0.15, 0.2) is 60.7 Å². The Balaban J connectivity index is 1.52. The Kier molecular flexibility index (Phi) is 6.04. The molecule has 5 nitrogen and oxygen atoms in total. The molecule has 1 aliphatic heterocycles. The third kappa shape index (κ3) is 4.32. The van der Waals surface area contributed by atoms with Gasteiger partial charge >= 0.3 is 0 Å². The summed E-state index contributed by atoms with van der Waals surface area (Å²) in [7, 11) is 0. The smallest absolute Gasteiger partial charge is 0.133 e. The van der Waals surface area contributed by atoms with Crippen LogP contribution in [0.2, 0.25) is 0 Å². The van der Waals surface area contributed by atoms with Crippen LogP contribution >= 0.6 is 0 Å². The van der Waals surface area contributed by atoms with Gasteiger partial charge < -0.3 is 19.7 Å². The van der Waals surface area contributed by atoms with E-state index in [-0.39, 0.29) is 17.9 Å². The van der Waals surface area contributed by atoms with Gasteiger partial charge in [0.15, 0.2) is 0 Å². The molecule has 5 atom stereocenters. The molecule has 2 aliphatic rings. The summed E-state index contributed by atoms with van der Waals surface area (Å²) in [6.45, 7) is 3.69. The Labute approximate surface area is 183 Å². The molecule has 0 radical (unpaired) electrons. The summed E-state index contributed by atoms with van der Waals surface area (Å²) >= 11 is 0. The van der Waals surface area contributed by atoms with Crippen molar-refractivity contribution in [3.63, 3.8) is 0 Å². The van der Waals surface area contributed by atoms with Crippen molar-refractivity contribution in [3.8, 4) is 17.6 Å². The largest absolute Gasteiger partial charge is 0.489 e. The van der Waals surface area contributed by atoms with Gasteiger partial charge in [0.2, 0.25) is 0 Å². The summed E-state index contributed by atoms with van der Waals surface area (Å²) in [5.74, 6) is 1.45. The topological polar surface area (TPSA) is 82.7 Å². The number of aryl methyl sites for hydroxylation is 1. The Morgan fingerprint density at radius 1 is 1.23 bits per heavy atom. The van der Waals surface area contributed by atoms with Crippen LogP contribution in [0.5, 0.6) is 11.5 Å². The van der Waals surface area contributed by atoms with Gasteiger partial charge in [-0.2, -0.15) is 5.26 Å². The molecule has 1 heterocycles. The van der Waals surface area contributed by atoms with Crippen LogP contribution in [0.25, 0.3) is 0 Å². The van der Waals surface area contributed by atoms with Crippen LogP contribution in [0.4, 0.5) is 0 Å². The van der Waals surface area contributed by atoms with Gasteiger partial charge in [0, 0.05) is 30.2 Å². The average Bonchev–Trinajstić information content (AvgIpc) is 3.25. The predicted molar refractivity (Wildman–Crippen MR) is 118 cm³/mol. The third-order valence-electron chi connectivity index (χ3n) is 6.35. The molecule has 1 saturated carbocycles. The monoisotopic (exact) mass is 419 g/mol. The average molecular weight is 420 g/mol. The second kappa shape index (κ2) is 8.74. The Bertz CT molecular complexity index is 979. The molecule has 1 fully saturated rings. The number of para-hydroxylation sites is 2. The predicted octanol–water partition coefficient (Wildman–Crippen LogP) is 4.14. The van der Waals surface area contributed by atoms with Crippen molar-refractivity contribution in [2.75, 3.05) is 0 Å². The molecule has 0 spiro atoms. The quantitative estimate of drug-likeness (QED) is 0.659. The SMILES string of the molecule is CC(C)(Oc1ccccc1)[C@H](O)C=C[C@@H]1[C@H]2c3cccc(CCC#N)c3O[C@H]2C[C@H]1O. The van der Waals surface area contributed by atoms with Crippen LogP contribution in [0.3, 0.4) is 0 Å². The zero-order valence-electron chi connectivity index (χ0n) is 17.9. The first-order chi connectivity index (χ1) is 14.9. The highest BCUT2D eigenvalue weighted by Gasteiger charge is 2.49. The van der Waals surface area contributed by atoms with Gasteiger partial charge in [0.1, 0.15) is 29.3 Å². The van der Waals surface area contributed by atoms with Crippen molar-refractivity contribution in [1.29, 1.82) is 5.26 Å². The number of aliphatic hydroxyl groups is 2. The lowest BCUT2D eigenvalue weighted by atomic mass is 9.86. The zero-order chi connectivity index (χ0) is 22.0. The lowest BCUT2D eigenvalue weighted by Crippen LogP contribution is -2.41. The van der Waals surface area contributed by atoms with Crippen LogP contribution in [0, 0.1) is 17.2 Å². The minimum absolute atomic E-state index is 0.0358. The van der Waals surface area contributed by atoms with E-state index in [0.717, 1.165) is 16.9 Å². The van der Waals surface area contributed by atoms with E-state index in [4.69, 9.17) is 14.7 Å². The van der Waals surface area contributed by atoms with Crippen molar-refractivity contribution in [2.24, 2.45) is 5.92 Å². The van der Waals surface area contributed by atoms with Gasteiger partial charge in [-0.3, -0.25) is 0 Å². The lowest BCUT2D eigenvalue weighted by Gasteiger charge is -2.30. The maximum atomic E-state index is 10.8. The van der Waals surface area contributed by atoms with Crippen molar-refractivity contribution in [3.05, 3.63) is 71.8 Å². The van der Waals surface area contributed by atoms with Crippen molar-refractivity contribution in [2.45, 2.75) is 62.9 Å². The maximum Gasteiger partial charge on any atom is 0.133 e. The number of benzene rings is 2. The fraction of sp³-hybridized carbons (Fsp3) is 0.423. The molecule has 0 bridgehead atoms. The first kappa shape index (κ1) is 21.4. The maximum absolute atomic E-state index is 10.8. The van der Waals surface area contributed by atoms with E-state index in [1.54, 1.807) is 6.08 Å². The molecule has 0 saturated heterocycles. The molecular weight excluding hydrogens is 390 g/mol. The molecule has 5 heteroatoms. The molecular formula is C26H29NO4. The molecule has 162 valence electrons. The number of ether oxygens (including phenoxy) is 2. The standard InChI is InChI=1S/C26H29NO4/c1-26(2,31-18-10-4-3-5-11-18)23(29)14-13-19-21(28)16-22-24(19)20-12-6-8-17(9-7-15-27)25(20)30-22/h3-6,8,10-14,19,21-24,28-29H,7,9,16H2,1-2H3/t19-,21+,22-,23+,24-/m0/s1. The van der Waals surface area contributed by atoms with E-state index < -0.39 is 17.8 Å². The van der Waals surface area contributed by atoms with Crippen LogP contribution in [-0.2, 0) is 6.42 Å². The second-order valence-electron chi connectivity index (χ2n) is 8.90. The number of aliphatic hydroxyl groups excluding tert-OH is 2. The number of hydrogen-bond donors (Lipinski definition) is 2. The molecule has 2 aromatic rings. The first-order valence-corrected chi connectivity index (χ1v) is 10.8. The highest BCUT2D eigenvalue weighted by atomic mass is 16.5. The van der Waals surface area contributed by atoms with Crippen LogP contribution in [-0.4, -0.2) is 34.1 Å². The normalized spacial score (nSPS) is 25.5. The first-order valence-electron chi connectivity index (χ1n) is 10.8. The van der Waals surface area contributed by atoms with Gasteiger partial charge in [-0.25, -0.2) is 0 Å². The van der Waals surface area contributed by atoms with E-state index in [1.807, 2.05) is 68.5 Å². The van der Waals surface area contributed by atoms with Crippen LogP contribution in [0.1, 0.15) is 43.7 Å². The van der Waals surface area contributed by atoms with Gasteiger partial charge in [0.05, 0.1) is 12.2 Å². The van der Waals surface area contributed by atoms with E-state index in [0.29, 0.717) is 25.0 Å². The highest BCUT2D eigenvalue weighted by molar-refractivity contribution is 5.49. The molecule has 2 aromatic carbocycles. The molecule has 0 unspecified atom stereocenters. The molecule has 2 N–H and O–H groups in total. The molecule has 31 heavy (non-hydrogen) atoms. The summed E-state index contributed by atoms with van der Waals surface area (Å²) in [5.41, 5.74) is 1.30. The zero-order valence-corrected chi connectivity index (χ0v) is 17.9.